The molecule has 0 saturated carbocycles. The summed E-state index contributed by atoms with van der Waals surface area (Å²) < 4.78 is 169. The van der Waals surface area contributed by atoms with Crippen molar-refractivity contribution in [2.45, 2.75) is 35.8 Å². The molecule has 0 bridgehead atoms. The zero-order chi connectivity index (χ0) is 25.7. The molecule has 32 heavy (non-hydrogen) atoms. The minimum atomic E-state index is -8.16. The van der Waals surface area contributed by atoms with Crippen molar-refractivity contribution in [1.82, 2.24) is 0 Å². The number of carbonyl (C=O) groups is 1. The number of amides is 1. The van der Waals surface area contributed by atoms with E-state index in [2.05, 4.69) is 0 Å². The molecule has 0 aromatic heterocycles. The highest BCUT2D eigenvalue weighted by molar-refractivity contribution is 6.34. The molecule has 0 saturated heterocycles. The first-order valence-electron chi connectivity index (χ1n) is 7.18. The Morgan fingerprint density at radius 2 is 1.25 bits per heavy atom. The van der Waals surface area contributed by atoms with Crippen LogP contribution in [0.5, 0.6) is 0 Å². The molecule has 0 atom stereocenters. The molecule has 1 amide bonds. The van der Waals surface area contributed by atoms with Crippen LogP contribution in [0, 0.1) is 10.1 Å². The summed E-state index contributed by atoms with van der Waals surface area (Å²) in [5, 5.41) is 10.1. The number of nitro groups is 1. The fraction of sp³-hybridized carbons (Fsp3) is 0.462. The van der Waals surface area contributed by atoms with Crippen LogP contribution in [0.4, 0.5) is 68.5 Å². The van der Waals surface area contributed by atoms with Gasteiger partial charge in [-0.1, -0.05) is 11.6 Å². The van der Waals surface area contributed by atoms with Crippen molar-refractivity contribution >= 4 is 28.9 Å². The van der Waals surface area contributed by atoms with Gasteiger partial charge in [0.15, 0.2) is 0 Å². The molecule has 0 spiro atoms. The molecule has 0 radical (unpaired) electrons. The van der Waals surface area contributed by atoms with Crippen molar-refractivity contribution < 1.29 is 66.8 Å². The average molecular weight is 519 g/mol. The number of rotatable bonds is 7. The lowest BCUT2D eigenvalue weighted by Crippen LogP contribution is -2.71. The molecule has 5 nitrogen and oxygen atoms in total. The number of hydrogen-bond acceptors (Lipinski definition) is 3. The molecule has 1 aromatic carbocycles. The quantitative estimate of drug-likeness (QED) is 0.276. The van der Waals surface area contributed by atoms with E-state index in [1.807, 2.05) is 0 Å². The first-order valence-corrected chi connectivity index (χ1v) is 7.55. The van der Waals surface area contributed by atoms with Gasteiger partial charge in [0.2, 0.25) is 0 Å². The third-order valence-electron chi connectivity index (χ3n) is 3.63. The summed E-state index contributed by atoms with van der Waals surface area (Å²) in [4.78, 5) is 20.7. The molecule has 19 heteroatoms. The van der Waals surface area contributed by atoms with Crippen molar-refractivity contribution in [2.24, 2.45) is 0 Å². The molecular formula is C13H4ClF13N2O3. The topological polar surface area (TPSA) is 72.2 Å². The number of alkyl halides is 13. The number of halogens is 14. The summed E-state index contributed by atoms with van der Waals surface area (Å²) in [7, 11) is 0. The predicted molar refractivity (Wildman–Crippen MR) is 77.5 cm³/mol. The Balaban J connectivity index is 3.42. The van der Waals surface area contributed by atoms with Crippen LogP contribution >= 0.6 is 11.6 Å². The van der Waals surface area contributed by atoms with Crippen molar-refractivity contribution in [2.75, 3.05) is 5.32 Å². The second-order valence-corrected chi connectivity index (χ2v) is 6.15. The Hall–Kier alpha value is -2.53. The highest BCUT2D eigenvalue weighted by Crippen LogP contribution is 2.60. The van der Waals surface area contributed by atoms with Gasteiger partial charge in [0.25, 0.3) is 5.69 Å². The Morgan fingerprint density at radius 1 is 0.812 bits per heavy atom. The van der Waals surface area contributed by atoms with Crippen LogP contribution in [0.3, 0.4) is 0 Å². The van der Waals surface area contributed by atoms with E-state index < -0.39 is 63.0 Å². The molecule has 0 aliphatic heterocycles. The minimum Gasteiger partial charge on any atom is -0.319 e. The summed E-state index contributed by atoms with van der Waals surface area (Å²) in [6.45, 7) is 0. The van der Waals surface area contributed by atoms with Crippen LogP contribution in [0.2, 0.25) is 5.02 Å². The first kappa shape index (κ1) is 27.5. The van der Waals surface area contributed by atoms with Gasteiger partial charge in [-0.15, -0.1) is 0 Å². The third kappa shape index (κ3) is 3.99. The number of hydrogen-bond donors (Lipinski definition) is 1. The maximum atomic E-state index is 13.7. The number of benzene rings is 1. The van der Waals surface area contributed by atoms with Crippen LogP contribution in [0.1, 0.15) is 0 Å². The maximum absolute atomic E-state index is 13.7. The van der Waals surface area contributed by atoms with E-state index in [9.17, 15) is 72.0 Å². The Bertz CT molecular complexity index is 917. The lowest BCUT2D eigenvalue weighted by molar-refractivity contribution is -0.435. The lowest BCUT2D eigenvalue weighted by Gasteiger charge is -2.39. The monoisotopic (exact) mass is 518 g/mol. The van der Waals surface area contributed by atoms with E-state index in [-0.39, 0.29) is 0 Å². The SMILES string of the molecule is O=C(Nc1ccc([N+](=O)[O-])cc1Cl)C(F)(F)C(F)(F)C(F)(F)C(F)(F)C(F)(F)C(F)(F)F. The number of nitrogens with zero attached hydrogens (tertiary/aromatic N) is 1. The molecule has 1 N–H and O–H groups in total. The van der Waals surface area contributed by atoms with Gasteiger partial charge in [-0.3, -0.25) is 14.9 Å². The number of anilines is 1. The first-order chi connectivity index (χ1) is 14.0. The van der Waals surface area contributed by atoms with E-state index in [0.29, 0.717) is 23.5 Å². The van der Waals surface area contributed by atoms with Crippen molar-refractivity contribution in [3.63, 3.8) is 0 Å². The standard InChI is InChI=1S/C13H4ClF13N2O3/c14-5-3-4(29(31)32)1-2-6(5)28-7(30)8(15,16)9(17,18)10(19,20)11(21,22)12(23,24)13(25,26)27/h1-3H,(H,28,30). The van der Waals surface area contributed by atoms with Gasteiger partial charge < -0.3 is 5.32 Å². The average Bonchev–Trinajstić information content (AvgIpc) is 2.61. The lowest BCUT2D eigenvalue weighted by atomic mass is 9.93. The second-order valence-electron chi connectivity index (χ2n) is 5.75. The summed E-state index contributed by atoms with van der Waals surface area (Å²) in [6.07, 6.45) is -7.58. The van der Waals surface area contributed by atoms with Crippen LogP contribution < -0.4 is 5.32 Å². The van der Waals surface area contributed by atoms with Gasteiger partial charge in [0, 0.05) is 12.1 Å². The van der Waals surface area contributed by atoms with Gasteiger partial charge in [0.1, 0.15) is 0 Å². The molecule has 0 unspecified atom stereocenters. The molecule has 1 aromatic rings. The molecule has 182 valence electrons. The van der Waals surface area contributed by atoms with E-state index in [0.717, 1.165) is 0 Å². The smallest absolute Gasteiger partial charge is 0.319 e. The molecule has 0 aliphatic rings. The minimum absolute atomic E-state index is 0.303. The summed E-state index contributed by atoms with van der Waals surface area (Å²) in [5.41, 5.74) is -2.06. The largest absolute Gasteiger partial charge is 0.460 e. The fourth-order valence-electron chi connectivity index (χ4n) is 1.83. The van der Waals surface area contributed by atoms with Gasteiger partial charge >= 0.3 is 41.7 Å². The van der Waals surface area contributed by atoms with E-state index in [1.54, 1.807) is 0 Å². The highest BCUT2D eigenvalue weighted by Gasteiger charge is 2.91. The zero-order valence-corrected chi connectivity index (χ0v) is 15.0. The number of carbonyl (C=O) groups excluding carboxylic acids is 1. The van der Waals surface area contributed by atoms with Gasteiger partial charge in [-0.05, 0) is 6.07 Å². The number of nitro benzene ring substituents is 1. The Kier molecular flexibility index (Phi) is 6.71. The predicted octanol–water partition coefficient (Wildman–Crippen LogP) is 5.93. The van der Waals surface area contributed by atoms with E-state index in [1.165, 1.54) is 0 Å². The van der Waals surface area contributed by atoms with Crippen LogP contribution in [-0.2, 0) is 4.79 Å². The number of nitrogens with one attached hydrogen (secondary N) is 1. The van der Waals surface area contributed by atoms with Gasteiger partial charge in [0.05, 0.1) is 15.6 Å². The van der Waals surface area contributed by atoms with Crippen LogP contribution in [0.25, 0.3) is 0 Å². The highest BCUT2D eigenvalue weighted by atomic mass is 35.5. The zero-order valence-electron chi connectivity index (χ0n) is 14.2. The third-order valence-corrected chi connectivity index (χ3v) is 3.94. The van der Waals surface area contributed by atoms with Gasteiger partial charge in [-0.2, -0.15) is 57.1 Å². The molecule has 0 fully saturated rings. The maximum Gasteiger partial charge on any atom is 0.460 e. The van der Waals surface area contributed by atoms with Gasteiger partial charge in [-0.25, -0.2) is 0 Å². The van der Waals surface area contributed by atoms with Crippen LogP contribution in [-0.4, -0.2) is 46.6 Å². The van der Waals surface area contributed by atoms with E-state index in [4.69, 9.17) is 11.6 Å². The van der Waals surface area contributed by atoms with E-state index >= 15 is 0 Å². The van der Waals surface area contributed by atoms with Crippen molar-refractivity contribution in [1.29, 1.82) is 0 Å². The Labute approximate surface area is 171 Å². The second kappa shape index (κ2) is 7.80. The van der Waals surface area contributed by atoms with Crippen LogP contribution in [0.15, 0.2) is 18.2 Å². The van der Waals surface area contributed by atoms with Crippen molar-refractivity contribution in [3.8, 4) is 0 Å². The summed E-state index contributed by atoms with van der Waals surface area (Å²) in [5.74, 6) is -42.7. The normalized spacial score (nSPS) is 14.3. The van der Waals surface area contributed by atoms with Crippen molar-refractivity contribution in [3.05, 3.63) is 33.3 Å². The molecule has 0 heterocycles. The summed E-state index contributed by atoms with van der Waals surface area (Å²) in [6, 6.07) is 1.06. The Morgan fingerprint density at radius 3 is 1.62 bits per heavy atom. The molecular weight excluding hydrogens is 515 g/mol. The molecule has 1 rings (SSSR count). The fourth-order valence-corrected chi connectivity index (χ4v) is 2.05. The molecule has 0 aliphatic carbocycles. The number of non-ortho nitro benzene ring substituents is 1. The summed E-state index contributed by atoms with van der Waals surface area (Å²) >= 11 is 5.31.